The van der Waals surface area contributed by atoms with Crippen molar-refractivity contribution < 1.29 is 14.2 Å². The summed E-state index contributed by atoms with van der Waals surface area (Å²) < 4.78 is 15.7. The Hall–Kier alpha value is -0.380. The fraction of sp³-hybridized carbons (Fsp3) is 0.778. The molecule has 0 heterocycles. The summed E-state index contributed by atoms with van der Waals surface area (Å²) in [6, 6.07) is 0. The van der Waals surface area contributed by atoms with Crippen molar-refractivity contribution in [3.05, 3.63) is 12.2 Å². The molecule has 0 bridgehead atoms. The molecular formula is C9H16O3. The molecule has 0 aromatic rings. The molecule has 0 aromatic carbocycles. The highest BCUT2D eigenvalue weighted by atomic mass is 16.5. The van der Waals surface area contributed by atoms with Gasteiger partial charge in [-0.25, -0.2) is 0 Å². The van der Waals surface area contributed by atoms with Gasteiger partial charge in [-0.2, -0.15) is 0 Å². The summed E-state index contributed by atoms with van der Waals surface area (Å²) in [5.74, 6) is 0. The predicted octanol–water partition coefficient (Wildman–Crippen LogP) is 0.991. The molecule has 3 heteroatoms. The van der Waals surface area contributed by atoms with Gasteiger partial charge in [0.1, 0.15) is 6.10 Å². The van der Waals surface area contributed by atoms with E-state index in [1.807, 2.05) is 12.2 Å². The lowest BCUT2D eigenvalue weighted by Crippen LogP contribution is -2.35. The highest BCUT2D eigenvalue weighted by Crippen LogP contribution is 2.18. The molecule has 0 radical (unpaired) electrons. The third kappa shape index (κ3) is 2.06. The molecule has 1 aliphatic rings. The second-order valence-corrected chi connectivity index (χ2v) is 2.87. The van der Waals surface area contributed by atoms with Crippen molar-refractivity contribution in [1.29, 1.82) is 0 Å². The van der Waals surface area contributed by atoms with E-state index in [2.05, 4.69) is 0 Å². The molecule has 70 valence electrons. The number of methoxy groups -OCH3 is 3. The molecule has 0 saturated heterocycles. The van der Waals surface area contributed by atoms with Crippen LogP contribution in [0.25, 0.3) is 0 Å². The van der Waals surface area contributed by atoms with E-state index < -0.39 is 0 Å². The van der Waals surface area contributed by atoms with E-state index in [9.17, 15) is 0 Å². The van der Waals surface area contributed by atoms with Crippen LogP contribution in [0.15, 0.2) is 12.2 Å². The quantitative estimate of drug-likeness (QED) is 0.594. The fourth-order valence-electron chi connectivity index (χ4n) is 1.43. The van der Waals surface area contributed by atoms with Gasteiger partial charge in [-0.15, -0.1) is 0 Å². The normalized spacial score (nSPS) is 35.4. The largest absolute Gasteiger partial charge is 0.378 e. The van der Waals surface area contributed by atoms with Crippen molar-refractivity contribution in [2.45, 2.75) is 24.7 Å². The van der Waals surface area contributed by atoms with Crippen molar-refractivity contribution in [1.82, 2.24) is 0 Å². The van der Waals surface area contributed by atoms with Crippen LogP contribution in [0.3, 0.4) is 0 Å². The molecule has 12 heavy (non-hydrogen) atoms. The fourth-order valence-corrected chi connectivity index (χ4v) is 1.43. The Kier molecular flexibility index (Phi) is 3.72. The van der Waals surface area contributed by atoms with Gasteiger partial charge < -0.3 is 14.2 Å². The van der Waals surface area contributed by atoms with Gasteiger partial charge in [0.05, 0.1) is 12.2 Å². The van der Waals surface area contributed by atoms with Gasteiger partial charge in [0.15, 0.2) is 0 Å². The lowest BCUT2D eigenvalue weighted by Gasteiger charge is -2.28. The number of hydrogen-bond acceptors (Lipinski definition) is 3. The molecule has 0 N–H and O–H groups in total. The smallest absolute Gasteiger partial charge is 0.102 e. The summed E-state index contributed by atoms with van der Waals surface area (Å²) in [6.07, 6.45) is 5.23. The summed E-state index contributed by atoms with van der Waals surface area (Å²) in [4.78, 5) is 0. The minimum Gasteiger partial charge on any atom is -0.378 e. The Morgan fingerprint density at radius 2 is 1.75 bits per heavy atom. The van der Waals surface area contributed by atoms with Crippen LogP contribution in [-0.4, -0.2) is 39.6 Å². The second kappa shape index (κ2) is 4.60. The Balaban J connectivity index is 2.56. The first-order valence-corrected chi connectivity index (χ1v) is 4.08. The SMILES string of the molecule is CO[C@@H]1C=C[C@H](OC)[C@@H](OC)C1. The van der Waals surface area contributed by atoms with Crippen LogP contribution in [0.1, 0.15) is 6.42 Å². The Labute approximate surface area is 73.3 Å². The van der Waals surface area contributed by atoms with Gasteiger partial charge in [0.25, 0.3) is 0 Å². The monoisotopic (exact) mass is 172 g/mol. The third-order valence-electron chi connectivity index (χ3n) is 2.22. The molecule has 1 rings (SSSR count). The molecule has 0 saturated carbocycles. The molecule has 3 atom stereocenters. The summed E-state index contributed by atoms with van der Waals surface area (Å²) >= 11 is 0. The third-order valence-corrected chi connectivity index (χ3v) is 2.22. The second-order valence-electron chi connectivity index (χ2n) is 2.87. The van der Waals surface area contributed by atoms with Gasteiger partial charge >= 0.3 is 0 Å². The Morgan fingerprint density at radius 1 is 1.00 bits per heavy atom. The zero-order valence-electron chi connectivity index (χ0n) is 7.82. The van der Waals surface area contributed by atoms with Crippen LogP contribution in [-0.2, 0) is 14.2 Å². The zero-order chi connectivity index (χ0) is 8.97. The summed E-state index contributed by atoms with van der Waals surface area (Å²) in [5, 5.41) is 0. The van der Waals surface area contributed by atoms with Crippen LogP contribution < -0.4 is 0 Å². The topological polar surface area (TPSA) is 27.7 Å². The lowest BCUT2D eigenvalue weighted by molar-refractivity contribution is -0.0436. The standard InChI is InChI=1S/C9H16O3/c1-10-7-4-5-8(11-2)9(6-7)12-3/h4-5,7-9H,6H2,1-3H3/t7-,8+,9+/m1/s1. The lowest BCUT2D eigenvalue weighted by atomic mass is 9.99. The van der Waals surface area contributed by atoms with Gasteiger partial charge in [0, 0.05) is 27.8 Å². The Morgan fingerprint density at radius 3 is 2.25 bits per heavy atom. The van der Waals surface area contributed by atoms with Crippen LogP contribution in [0, 0.1) is 0 Å². The summed E-state index contributed by atoms with van der Waals surface area (Å²) in [7, 11) is 5.09. The Bertz CT molecular complexity index is 156. The molecule has 0 aromatic heterocycles. The van der Waals surface area contributed by atoms with Crippen molar-refractivity contribution in [2.24, 2.45) is 0 Å². The maximum absolute atomic E-state index is 5.27. The van der Waals surface area contributed by atoms with Crippen molar-refractivity contribution in [3.63, 3.8) is 0 Å². The van der Waals surface area contributed by atoms with Crippen LogP contribution >= 0.6 is 0 Å². The van der Waals surface area contributed by atoms with Crippen molar-refractivity contribution in [2.75, 3.05) is 21.3 Å². The highest BCUT2D eigenvalue weighted by molar-refractivity contribution is 5.04. The van der Waals surface area contributed by atoms with E-state index in [0.29, 0.717) is 0 Å². The molecule has 0 unspecified atom stereocenters. The van der Waals surface area contributed by atoms with E-state index in [4.69, 9.17) is 14.2 Å². The van der Waals surface area contributed by atoms with Gasteiger partial charge in [-0.05, 0) is 0 Å². The molecule has 0 amide bonds. The predicted molar refractivity (Wildman–Crippen MR) is 46.1 cm³/mol. The molecule has 1 aliphatic carbocycles. The maximum atomic E-state index is 5.27. The molecule has 0 spiro atoms. The van der Waals surface area contributed by atoms with E-state index in [1.54, 1.807) is 21.3 Å². The molecule has 0 aliphatic heterocycles. The average molecular weight is 172 g/mol. The van der Waals surface area contributed by atoms with Crippen LogP contribution in [0.5, 0.6) is 0 Å². The van der Waals surface area contributed by atoms with E-state index in [1.165, 1.54) is 0 Å². The van der Waals surface area contributed by atoms with Crippen molar-refractivity contribution in [3.8, 4) is 0 Å². The zero-order valence-corrected chi connectivity index (χ0v) is 7.82. The van der Waals surface area contributed by atoms with Crippen molar-refractivity contribution >= 4 is 0 Å². The van der Waals surface area contributed by atoms with Gasteiger partial charge in [-0.3, -0.25) is 0 Å². The van der Waals surface area contributed by atoms with Gasteiger partial charge in [-0.1, -0.05) is 12.2 Å². The van der Waals surface area contributed by atoms with Crippen LogP contribution in [0.2, 0.25) is 0 Å². The minimum atomic E-state index is 0.0707. The highest BCUT2D eigenvalue weighted by Gasteiger charge is 2.25. The minimum absolute atomic E-state index is 0.0707. The van der Waals surface area contributed by atoms with E-state index in [0.717, 1.165) is 6.42 Å². The number of rotatable bonds is 3. The van der Waals surface area contributed by atoms with E-state index >= 15 is 0 Å². The summed E-state index contributed by atoms with van der Waals surface area (Å²) in [6.45, 7) is 0. The molecule has 3 nitrogen and oxygen atoms in total. The number of ether oxygens (including phenoxy) is 3. The number of hydrogen-bond donors (Lipinski definition) is 0. The first-order chi connectivity index (χ1) is 5.81. The van der Waals surface area contributed by atoms with Crippen LogP contribution in [0.4, 0.5) is 0 Å². The molecular weight excluding hydrogens is 156 g/mol. The molecule has 0 fully saturated rings. The summed E-state index contributed by atoms with van der Waals surface area (Å²) in [5.41, 5.74) is 0. The first-order valence-electron chi connectivity index (χ1n) is 4.08. The first kappa shape index (κ1) is 9.71. The van der Waals surface area contributed by atoms with E-state index in [-0.39, 0.29) is 18.3 Å². The maximum Gasteiger partial charge on any atom is 0.102 e. The van der Waals surface area contributed by atoms with Gasteiger partial charge in [0.2, 0.25) is 0 Å². The average Bonchev–Trinajstić information content (AvgIpc) is 2.16.